The molecule has 1 fully saturated rings. The van der Waals surface area contributed by atoms with Crippen molar-refractivity contribution in [3.8, 4) is 5.75 Å². The molecule has 3 rings (SSSR count). The second-order valence-corrected chi connectivity index (χ2v) is 6.84. The number of nitrogens with zero attached hydrogens (tertiary/aromatic N) is 2. The molecule has 1 aliphatic heterocycles. The minimum Gasteiger partial charge on any atom is -0.478 e. The fourth-order valence-electron chi connectivity index (χ4n) is 2.79. The van der Waals surface area contributed by atoms with E-state index in [2.05, 4.69) is 4.99 Å². The van der Waals surface area contributed by atoms with Crippen molar-refractivity contribution in [2.45, 2.75) is 26.4 Å². The lowest BCUT2D eigenvalue weighted by Crippen LogP contribution is -2.52. The molecule has 0 spiro atoms. The zero-order valence-corrected chi connectivity index (χ0v) is 15.8. The van der Waals surface area contributed by atoms with Crippen LogP contribution >= 0.6 is 0 Å². The number of benzene rings is 2. The summed E-state index contributed by atoms with van der Waals surface area (Å²) in [5.74, 6) is 0.389. The van der Waals surface area contributed by atoms with E-state index in [1.165, 1.54) is 6.07 Å². The summed E-state index contributed by atoms with van der Waals surface area (Å²) in [5, 5.41) is 0. The molecule has 0 bridgehead atoms. The van der Waals surface area contributed by atoms with Crippen LogP contribution in [0.3, 0.4) is 0 Å². The van der Waals surface area contributed by atoms with Crippen LogP contribution in [-0.4, -0.2) is 38.0 Å². The van der Waals surface area contributed by atoms with Crippen molar-refractivity contribution in [2.24, 2.45) is 4.99 Å². The van der Waals surface area contributed by atoms with Gasteiger partial charge < -0.3 is 14.4 Å². The number of ether oxygens (including phenoxy) is 2. The SMILES string of the molecule is CCN(C)C=Nc1cc(F)c(C2(Oc3ccc(C)cc3)COC2)cc1C. The Hall–Kier alpha value is -2.40. The maximum atomic E-state index is 14.9. The van der Waals surface area contributed by atoms with Crippen molar-refractivity contribution >= 4 is 12.0 Å². The van der Waals surface area contributed by atoms with E-state index in [0.717, 1.165) is 17.7 Å². The van der Waals surface area contributed by atoms with Crippen LogP contribution in [0.15, 0.2) is 41.4 Å². The molecule has 2 aromatic carbocycles. The molecule has 0 N–H and O–H groups in total. The first-order chi connectivity index (χ1) is 12.4. The van der Waals surface area contributed by atoms with Gasteiger partial charge in [0, 0.05) is 25.2 Å². The van der Waals surface area contributed by atoms with E-state index in [4.69, 9.17) is 9.47 Å². The van der Waals surface area contributed by atoms with Gasteiger partial charge >= 0.3 is 0 Å². The first-order valence-electron chi connectivity index (χ1n) is 8.82. The van der Waals surface area contributed by atoms with Gasteiger partial charge in [-0.3, -0.25) is 0 Å². The maximum Gasteiger partial charge on any atom is 0.183 e. The summed E-state index contributed by atoms with van der Waals surface area (Å²) in [4.78, 5) is 6.32. The minimum absolute atomic E-state index is 0.322. The molecular formula is C21H25FN2O2. The Kier molecular flexibility index (Phi) is 5.28. The summed E-state index contributed by atoms with van der Waals surface area (Å²) in [6.45, 7) is 7.49. The Labute approximate surface area is 154 Å². The lowest BCUT2D eigenvalue weighted by Gasteiger charge is -2.42. The van der Waals surface area contributed by atoms with E-state index >= 15 is 0 Å². The Morgan fingerprint density at radius 2 is 1.92 bits per heavy atom. The van der Waals surface area contributed by atoms with Gasteiger partial charge in [0.1, 0.15) is 11.6 Å². The van der Waals surface area contributed by atoms with Crippen LogP contribution in [0.4, 0.5) is 10.1 Å². The molecule has 0 radical (unpaired) electrons. The Bertz CT molecular complexity index is 798. The van der Waals surface area contributed by atoms with Crippen molar-refractivity contribution in [3.63, 3.8) is 0 Å². The lowest BCUT2D eigenvalue weighted by atomic mass is 9.89. The standard InChI is InChI=1S/C21H25FN2O2/c1-5-24(4)14-23-20-11-19(22)18(10-16(20)3)21(12-25-13-21)26-17-8-6-15(2)7-9-17/h6-11,14H,5,12-13H2,1-4H3. The van der Waals surface area contributed by atoms with Crippen molar-refractivity contribution in [3.05, 3.63) is 58.9 Å². The topological polar surface area (TPSA) is 34.1 Å². The quantitative estimate of drug-likeness (QED) is 0.570. The van der Waals surface area contributed by atoms with Crippen LogP contribution in [-0.2, 0) is 10.3 Å². The minimum atomic E-state index is -0.785. The molecule has 0 saturated carbocycles. The van der Waals surface area contributed by atoms with Crippen LogP contribution < -0.4 is 4.74 Å². The third-order valence-corrected chi connectivity index (χ3v) is 4.67. The number of hydrogen-bond acceptors (Lipinski definition) is 3. The van der Waals surface area contributed by atoms with Gasteiger partial charge in [0.15, 0.2) is 5.60 Å². The molecule has 2 aromatic rings. The van der Waals surface area contributed by atoms with Crippen LogP contribution in [0.25, 0.3) is 0 Å². The average molecular weight is 356 g/mol. The normalized spacial score (nSPS) is 15.7. The number of hydrogen-bond donors (Lipinski definition) is 0. The van der Waals surface area contributed by atoms with Gasteiger partial charge in [-0.15, -0.1) is 0 Å². The first-order valence-corrected chi connectivity index (χ1v) is 8.82. The highest BCUT2D eigenvalue weighted by atomic mass is 19.1. The zero-order valence-electron chi connectivity index (χ0n) is 15.8. The van der Waals surface area contributed by atoms with E-state index in [1.807, 2.05) is 63.1 Å². The summed E-state index contributed by atoms with van der Waals surface area (Å²) >= 11 is 0. The van der Waals surface area contributed by atoms with E-state index in [-0.39, 0.29) is 5.82 Å². The third-order valence-electron chi connectivity index (χ3n) is 4.67. The van der Waals surface area contributed by atoms with Gasteiger partial charge in [-0.05, 0) is 44.5 Å². The summed E-state index contributed by atoms with van der Waals surface area (Å²) in [5.41, 5.74) is 2.41. The molecular weight excluding hydrogens is 331 g/mol. The number of halogens is 1. The van der Waals surface area contributed by atoms with E-state index < -0.39 is 5.60 Å². The predicted molar refractivity (Wildman–Crippen MR) is 102 cm³/mol. The molecule has 0 aromatic heterocycles. The highest BCUT2D eigenvalue weighted by molar-refractivity contribution is 5.63. The van der Waals surface area contributed by atoms with Crippen molar-refractivity contribution in [2.75, 3.05) is 26.8 Å². The lowest BCUT2D eigenvalue weighted by molar-refractivity contribution is -0.169. The molecule has 1 saturated heterocycles. The first kappa shape index (κ1) is 18.4. The number of aliphatic imine (C=N–C) groups is 1. The zero-order chi connectivity index (χ0) is 18.7. The molecule has 1 heterocycles. The predicted octanol–water partition coefficient (Wildman–Crippen LogP) is 4.36. The average Bonchev–Trinajstić information content (AvgIpc) is 2.60. The summed E-state index contributed by atoms with van der Waals surface area (Å²) in [6, 6.07) is 11.1. The summed E-state index contributed by atoms with van der Waals surface area (Å²) < 4.78 is 26.4. The number of aryl methyl sites for hydroxylation is 2. The summed E-state index contributed by atoms with van der Waals surface area (Å²) in [7, 11) is 1.93. The monoisotopic (exact) mass is 356 g/mol. The molecule has 0 amide bonds. The highest BCUT2D eigenvalue weighted by Crippen LogP contribution is 2.38. The van der Waals surface area contributed by atoms with Gasteiger partial charge in [-0.1, -0.05) is 17.7 Å². The van der Waals surface area contributed by atoms with E-state index in [9.17, 15) is 4.39 Å². The Morgan fingerprint density at radius 3 is 2.50 bits per heavy atom. The molecule has 26 heavy (non-hydrogen) atoms. The van der Waals surface area contributed by atoms with Crippen molar-refractivity contribution < 1.29 is 13.9 Å². The molecule has 0 aliphatic carbocycles. The smallest absolute Gasteiger partial charge is 0.183 e. The van der Waals surface area contributed by atoms with Crippen LogP contribution in [0, 0.1) is 19.7 Å². The molecule has 0 unspecified atom stereocenters. The molecule has 0 atom stereocenters. The van der Waals surface area contributed by atoms with Crippen LogP contribution in [0.2, 0.25) is 0 Å². The van der Waals surface area contributed by atoms with Gasteiger partial charge in [0.05, 0.1) is 25.2 Å². The van der Waals surface area contributed by atoms with Gasteiger partial charge in [-0.25, -0.2) is 9.38 Å². The largest absolute Gasteiger partial charge is 0.478 e. The molecule has 138 valence electrons. The van der Waals surface area contributed by atoms with Crippen LogP contribution in [0.5, 0.6) is 5.75 Å². The highest BCUT2D eigenvalue weighted by Gasteiger charge is 2.45. The Balaban J connectivity index is 1.90. The van der Waals surface area contributed by atoms with Crippen molar-refractivity contribution in [1.82, 2.24) is 4.90 Å². The number of rotatable bonds is 6. The second kappa shape index (κ2) is 7.46. The summed E-state index contributed by atoms with van der Waals surface area (Å²) in [6.07, 6.45) is 1.71. The van der Waals surface area contributed by atoms with Gasteiger partial charge in [-0.2, -0.15) is 0 Å². The van der Waals surface area contributed by atoms with Gasteiger partial charge in [0.2, 0.25) is 0 Å². The maximum absolute atomic E-state index is 14.9. The molecule has 1 aliphatic rings. The fraction of sp³-hybridized carbons (Fsp3) is 0.381. The van der Waals surface area contributed by atoms with Crippen LogP contribution in [0.1, 0.15) is 23.6 Å². The van der Waals surface area contributed by atoms with Crippen molar-refractivity contribution in [1.29, 1.82) is 0 Å². The fourth-order valence-corrected chi connectivity index (χ4v) is 2.79. The third kappa shape index (κ3) is 3.73. The Morgan fingerprint density at radius 1 is 1.23 bits per heavy atom. The second-order valence-electron chi connectivity index (χ2n) is 6.84. The molecule has 4 nitrogen and oxygen atoms in total. The molecule has 5 heteroatoms. The van der Waals surface area contributed by atoms with E-state index in [1.54, 1.807) is 6.34 Å². The van der Waals surface area contributed by atoms with Gasteiger partial charge in [0.25, 0.3) is 0 Å². The van der Waals surface area contributed by atoms with E-state index in [0.29, 0.717) is 30.2 Å².